The van der Waals surface area contributed by atoms with Gasteiger partial charge >= 0.3 is 11.8 Å². The summed E-state index contributed by atoms with van der Waals surface area (Å²) in [6.07, 6.45) is 2.96. The molecule has 0 aromatic heterocycles. The van der Waals surface area contributed by atoms with Crippen molar-refractivity contribution in [2.75, 3.05) is 0 Å². The molecule has 0 aliphatic rings. The van der Waals surface area contributed by atoms with Gasteiger partial charge < -0.3 is 0 Å². The molecule has 0 spiro atoms. The Labute approximate surface area is 165 Å². The topological polar surface area (TPSA) is 82.9 Å². The number of hydrogen-bond acceptors (Lipinski definition) is 4. The van der Waals surface area contributed by atoms with Crippen LogP contribution in [0.3, 0.4) is 0 Å². The Morgan fingerprint density at radius 2 is 1.00 bits per heavy atom. The van der Waals surface area contributed by atoms with Crippen LogP contribution in [0.2, 0.25) is 0 Å². The van der Waals surface area contributed by atoms with Crippen molar-refractivity contribution < 1.29 is 9.59 Å². The van der Waals surface area contributed by atoms with Crippen LogP contribution in [0.15, 0.2) is 58.7 Å². The normalized spacial score (nSPS) is 11.5. The first kappa shape index (κ1) is 21.0. The molecular weight excluding hydrogens is 352 g/mol. The third-order valence-electron chi connectivity index (χ3n) is 4.17. The van der Waals surface area contributed by atoms with Gasteiger partial charge in [0, 0.05) is 0 Å². The Bertz CT molecular complexity index is 778. The number of amides is 2. The summed E-state index contributed by atoms with van der Waals surface area (Å²) in [5.74, 6) is -0.879. The van der Waals surface area contributed by atoms with Crippen LogP contribution in [0.25, 0.3) is 0 Å². The first-order valence-corrected chi connectivity index (χ1v) is 9.23. The second-order valence-corrected chi connectivity index (χ2v) is 7.04. The van der Waals surface area contributed by atoms with Gasteiger partial charge in [-0.2, -0.15) is 10.2 Å². The summed E-state index contributed by atoms with van der Waals surface area (Å²) in [4.78, 5) is 23.5. The fourth-order valence-electron chi connectivity index (χ4n) is 2.37. The molecule has 0 heterocycles. The number of nitrogens with one attached hydrogen (secondary N) is 2. The van der Waals surface area contributed by atoms with E-state index in [0.29, 0.717) is 11.8 Å². The molecule has 2 rings (SSSR count). The predicted octanol–water partition coefficient (Wildman–Crippen LogP) is 3.53. The van der Waals surface area contributed by atoms with Gasteiger partial charge in [-0.15, -0.1) is 0 Å². The number of carbonyl (C=O) groups is 2. The molecule has 0 saturated carbocycles. The molecule has 0 saturated heterocycles. The van der Waals surface area contributed by atoms with Crippen LogP contribution < -0.4 is 10.9 Å². The molecule has 2 aromatic rings. The van der Waals surface area contributed by atoms with Gasteiger partial charge in [-0.3, -0.25) is 9.59 Å². The molecular formula is C22H26N4O2. The van der Waals surface area contributed by atoms with E-state index in [1.807, 2.05) is 48.5 Å². The van der Waals surface area contributed by atoms with Crippen LogP contribution in [0.4, 0.5) is 0 Å². The Hall–Kier alpha value is -3.28. The van der Waals surface area contributed by atoms with Gasteiger partial charge in [0.15, 0.2) is 0 Å². The Balaban J connectivity index is 1.81. The SMILES string of the molecule is CC(C)c1ccc(C=NNC(=O)C(=O)N/N=C\c2ccc(C(C)C)cc2)cc1. The van der Waals surface area contributed by atoms with Gasteiger partial charge in [-0.05, 0) is 34.1 Å². The summed E-state index contributed by atoms with van der Waals surface area (Å²) in [7, 11) is 0. The highest BCUT2D eigenvalue weighted by molar-refractivity contribution is 6.35. The lowest BCUT2D eigenvalue weighted by Gasteiger charge is -2.04. The second kappa shape index (κ2) is 10.2. The zero-order valence-electron chi connectivity index (χ0n) is 16.6. The maximum Gasteiger partial charge on any atom is 0.331 e. The van der Waals surface area contributed by atoms with Crippen LogP contribution in [0.5, 0.6) is 0 Å². The third kappa shape index (κ3) is 6.46. The molecule has 6 nitrogen and oxygen atoms in total. The lowest BCUT2D eigenvalue weighted by Crippen LogP contribution is -2.35. The van der Waals surface area contributed by atoms with Crippen molar-refractivity contribution in [1.29, 1.82) is 0 Å². The molecule has 0 atom stereocenters. The van der Waals surface area contributed by atoms with E-state index in [9.17, 15) is 9.59 Å². The lowest BCUT2D eigenvalue weighted by molar-refractivity contribution is -0.139. The van der Waals surface area contributed by atoms with Crippen molar-refractivity contribution in [3.63, 3.8) is 0 Å². The number of hydrazone groups is 2. The van der Waals surface area contributed by atoms with E-state index < -0.39 is 11.8 Å². The van der Waals surface area contributed by atoms with Gasteiger partial charge in [-0.1, -0.05) is 76.2 Å². The van der Waals surface area contributed by atoms with Gasteiger partial charge in [0.05, 0.1) is 12.4 Å². The largest absolute Gasteiger partial charge is 0.331 e. The highest BCUT2D eigenvalue weighted by atomic mass is 16.2. The van der Waals surface area contributed by atoms with Gasteiger partial charge in [0.1, 0.15) is 0 Å². The van der Waals surface area contributed by atoms with Crippen molar-refractivity contribution in [2.24, 2.45) is 10.2 Å². The zero-order chi connectivity index (χ0) is 20.5. The average Bonchev–Trinajstić information content (AvgIpc) is 2.68. The molecule has 0 radical (unpaired) electrons. The van der Waals surface area contributed by atoms with Gasteiger partial charge in [0.2, 0.25) is 0 Å². The van der Waals surface area contributed by atoms with E-state index in [1.54, 1.807) is 0 Å². The first-order chi connectivity index (χ1) is 13.4. The number of nitrogens with zero attached hydrogens (tertiary/aromatic N) is 2. The van der Waals surface area contributed by atoms with E-state index in [-0.39, 0.29) is 0 Å². The summed E-state index contributed by atoms with van der Waals surface area (Å²) >= 11 is 0. The molecule has 0 bridgehead atoms. The Morgan fingerprint density at radius 1 is 0.679 bits per heavy atom. The highest BCUT2D eigenvalue weighted by Gasteiger charge is 2.11. The number of carbonyl (C=O) groups excluding carboxylic acids is 2. The molecule has 2 aromatic carbocycles. The van der Waals surface area contributed by atoms with E-state index >= 15 is 0 Å². The van der Waals surface area contributed by atoms with Gasteiger partial charge in [-0.25, -0.2) is 10.9 Å². The van der Waals surface area contributed by atoms with Crippen molar-refractivity contribution in [2.45, 2.75) is 39.5 Å². The van der Waals surface area contributed by atoms with E-state index in [1.165, 1.54) is 23.6 Å². The number of benzene rings is 2. The minimum absolute atomic E-state index is 0.447. The van der Waals surface area contributed by atoms with Crippen molar-refractivity contribution in [3.05, 3.63) is 70.8 Å². The number of rotatable bonds is 6. The average molecular weight is 378 g/mol. The van der Waals surface area contributed by atoms with Crippen molar-refractivity contribution in [1.82, 2.24) is 10.9 Å². The summed E-state index contributed by atoms with van der Waals surface area (Å²) in [6.45, 7) is 8.46. The van der Waals surface area contributed by atoms with Crippen molar-refractivity contribution >= 4 is 24.2 Å². The van der Waals surface area contributed by atoms with Crippen LogP contribution in [0, 0.1) is 0 Å². The minimum Gasteiger partial charge on any atom is -0.262 e. The maximum atomic E-state index is 11.7. The fraction of sp³-hybridized carbons (Fsp3) is 0.273. The fourth-order valence-corrected chi connectivity index (χ4v) is 2.37. The monoisotopic (exact) mass is 378 g/mol. The maximum absolute atomic E-state index is 11.7. The number of hydrogen-bond donors (Lipinski definition) is 2. The Morgan fingerprint density at radius 3 is 1.29 bits per heavy atom. The molecule has 6 heteroatoms. The van der Waals surface area contributed by atoms with E-state index in [2.05, 4.69) is 48.7 Å². The molecule has 2 amide bonds. The molecule has 28 heavy (non-hydrogen) atoms. The third-order valence-corrected chi connectivity index (χ3v) is 4.17. The van der Waals surface area contributed by atoms with Crippen LogP contribution in [-0.2, 0) is 9.59 Å². The predicted molar refractivity (Wildman–Crippen MR) is 113 cm³/mol. The standard InChI is InChI=1S/C22H26N4O2/c1-15(2)19-9-5-17(6-10-19)13-23-25-21(27)22(28)26-24-14-18-7-11-20(12-8-18)16(3)4/h5-16H,1-4H3,(H,25,27)(H,26,28)/b23-13-,24-14?. The van der Waals surface area contributed by atoms with E-state index in [4.69, 9.17) is 0 Å². The highest BCUT2D eigenvalue weighted by Crippen LogP contribution is 2.14. The molecule has 0 fully saturated rings. The minimum atomic E-state index is -0.887. The molecule has 0 unspecified atom stereocenters. The molecule has 146 valence electrons. The zero-order valence-corrected chi connectivity index (χ0v) is 16.6. The molecule has 0 aliphatic carbocycles. The molecule has 2 N–H and O–H groups in total. The molecule has 0 aliphatic heterocycles. The van der Waals surface area contributed by atoms with Crippen LogP contribution >= 0.6 is 0 Å². The second-order valence-electron chi connectivity index (χ2n) is 7.04. The Kier molecular flexibility index (Phi) is 7.63. The summed E-state index contributed by atoms with van der Waals surface area (Å²) in [5.41, 5.74) is 8.46. The van der Waals surface area contributed by atoms with Crippen molar-refractivity contribution in [3.8, 4) is 0 Å². The summed E-state index contributed by atoms with van der Waals surface area (Å²) in [6, 6.07) is 15.6. The quantitative estimate of drug-likeness (QED) is 0.458. The lowest BCUT2D eigenvalue weighted by atomic mass is 10.0. The van der Waals surface area contributed by atoms with Gasteiger partial charge in [0.25, 0.3) is 0 Å². The smallest absolute Gasteiger partial charge is 0.262 e. The van der Waals surface area contributed by atoms with Crippen LogP contribution in [0.1, 0.15) is 61.8 Å². The first-order valence-electron chi connectivity index (χ1n) is 9.23. The summed E-state index contributed by atoms with van der Waals surface area (Å²) in [5, 5.41) is 7.58. The summed E-state index contributed by atoms with van der Waals surface area (Å²) < 4.78 is 0. The van der Waals surface area contributed by atoms with Crippen LogP contribution in [-0.4, -0.2) is 24.2 Å². The van der Waals surface area contributed by atoms with E-state index in [0.717, 1.165) is 11.1 Å².